The number of nitrogens with zero attached hydrogens (tertiary/aromatic N) is 1. The first-order chi connectivity index (χ1) is 16.5. The molecule has 0 atom stereocenters. The summed E-state index contributed by atoms with van der Waals surface area (Å²) in [6, 6.07) is 30.7. The summed E-state index contributed by atoms with van der Waals surface area (Å²) < 4.78 is 6.16. The lowest BCUT2D eigenvalue weighted by Gasteiger charge is -2.27. The van der Waals surface area contributed by atoms with Crippen molar-refractivity contribution in [1.82, 2.24) is 0 Å². The number of hydrogen-bond donors (Lipinski definition) is 2. The number of phenols is 1. The van der Waals surface area contributed by atoms with Crippen LogP contribution in [0, 0.1) is 20.8 Å². The van der Waals surface area contributed by atoms with E-state index >= 15 is 0 Å². The molecule has 0 bridgehead atoms. The molecular weight excluding hydrogens is 420 g/mol. The van der Waals surface area contributed by atoms with Crippen LogP contribution in [0.5, 0.6) is 11.5 Å². The van der Waals surface area contributed by atoms with E-state index in [1.807, 2.05) is 67.6 Å². The van der Waals surface area contributed by atoms with Gasteiger partial charge in [0.2, 0.25) is 0 Å². The van der Waals surface area contributed by atoms with Crippen LogP contribution in [0.1, 0.15) is 27.8 Å². The van der Waals surface area contributed by atoms with Crippen LogP contribution in [0.15, 0.2) is 91.0 Å². The Morgan fingerprint density at radius 2 is 1.38 bits per heavy atom. The molecule has 0 unspecified atom stereocenters. The molecule has 34 heavy (non-hydrogen) atoms. The minimum atomic E-state index is 0.360. The van der Waals surface area contributed by atoms with E-state index in [0.717, 1.165) is 39.4 Å². The van der Waals surface area contributed by atoms with Crippen molar-refractivity contribution >= 4 is 11.4 Å². The van der Waals surface area contributed by atoms with E-state index in [-0.39, 0.29) is 0 Å². The van der Waals surface area contributed by atoms with E-state index in [1.54, 1.807) is 0 Å². The van der Waals surface area contributed by atoms with Crippen LogP contribution in [0.25, 0.3) is 0 Å². The Morgan fingerprint density at radius 1 is 0.735 bits per heavy atom. The van der Waals surface area contributed by atoms with Gasteiger partial charge in [0.05, 0.1) is 0 Å². The van der Waals surface area contributed by atoms with Crippen molar-refractivity contribution in [2.24, 2.45) is 0 Å². The second-order valence-electron chi connectivity index (χ2n) is 8.72. The maximum atomic E-state index is 10.7. The molecule has 0 heterocycles. The summed E-state index contributed by atoms with van der Waals surface area (Å²) in [6.07, 6.45) is 0. The maximum Gasteiger partial charge on any atom is 0.159 e. The number of rotatable bonds is 9. The lowest BCUT2D eigenvalue weighted by Crippen LogP contribution is -2.23. The third-order valence-corrected chi connectivity index (χ3v) is 5.86. The Hall–Kier alpha value is -3.92. The van der Waals surface area contributed by atoms with E-state index in [2.05, 4.69) is 54.4 Å². The van der Waals surface area contributed by atoms with E-state index < -0.39 is 0 Å². The summed E-state index contributed by atoms with van der Waals surface area (Å²) >= 11 is 0. The normalized spacial score (nSPS) is 10.7. The van der Waals surface area contributed by atoms with Gasteiger partial charge in [0.15, 0.2) is 6.73 Å². The molecule has 0 aliphatic carbocycles. The van der Waals surface area contributed by atoms with Gasteiger partial charge < -0.3 is 20.1 Å². The molecule has 0 fully saturated rings. The molecule has 0 aliphatic heterocycles. The molecule has 174 valence electrons. The summed E-state index contributed by atoms with van der Waals surface area (Å²) in [4.78, 5) is 2.28. The highest BCUT2D eigenvalue weighted by molar-refractivity contribution is 5.52. The first-order valence-corrected chi connectivity index (χ1v) is 11.6. The zero-order valence-electron chi connectivity index (χ0n) is 20.1. The van der Waals surface area contributed by atoms with Gasteiger partial charge in [0.25, 0.3) is 0 Å². The third kappa shape index (κ3) is 5.90. The molecule has 4 aromatic rings. The summed E-state index contributed by atoms with van der Waals surface area (Å²) in [6.45, 7) is 7.73. The molecule has 0 saturated heterocycles. The van der Waals surface area contributed by atoms with Crippen LogP contribution in [0.4, 0.5) is 11.4 Å². The quantitative estimate of drug-likeness (QED) is 0.269. The molecule has 4 nitrogen and oxygen atoms in total. The van der Waals surface area contributed by atoms with Crippen molar-refractivity contribution in [3.63, 3.8) is 0 Å². The van der Waals surface area contributed by atoms with Crippen LogP contribution in [-0.4, -0.2) is 11.8 Å². The molecule has 0 saturated carbocycles. The van der Waals surface area contributed by atoms with Crippen LogP contribution in [0.2, 0.25) is 0 Å². The standard InChI is InChI=1S/C30H32N2O2/c1-22-14-15-29(34-21-31-27-10-6-4-7-11-27)25(17-22)19-32(28-12-8-5-9-13-28)20-26-18-23(2)16-24(3)30(26)33/h4-18,31,33H,19-21H2,1-3H3. The van der Waals surface area contributed by atoms with Crippen LogP contribution < -0.4 is 15.0 Å². The number of aryl methyl sites for hydroxylation is 3. The number of hydrogen-bond acceptors (Lipinski definition) is 4. The molecule has 0 spiro atoms. The number of anilines is 2. The van der Waals surface area contributed by atoms with Crippen LogP contribution in [-0.2, 0) is 13.1 Å². The highest BCUT2D eigenvalue weighted by Gasteiger charge is 2.15. The second-order valence-corrected chi connectivity index (χ2v) is 8.72. The summed E-state index contributed by atoms with van der Waals surface area (Å²) in [5.74, 6) is 1.21. The van der Waals surface area contributed by atoms with E-state index in [0.29, 0.717) is 25.6 Å². The van der Waals surface area contributed by atoms with Crippen molar-refractivity contribution in [3.8, 4) is 11.5 Å². The molecular formula is C30H32N2O2. The fourth-order valence-electron chi connectivity index (χ4n) is 4.18. The third-order valence-electron chi connectivity index (χ3n) is 5.86. The van der Waals surface area contributed by atoms with Gasteiger partial charge >= 0.3 is 0 Å². The zero-order valence-corrected chi connectivity index (χ0v) is 20.1. The number of phenolic OH excluding ortho intramolecular Hbond substituents is 1. The van der Waals surface area contributed by atoms with Gasteiger partial charge in [-0.15, -0.1) is 0 Å². The number of ether oxygens (including phenoxy) is 1. The van der Waals surface area contributed by atoms with E-state index in [9.17, 15) is 5.11 Å². The Balaban J connectivity index is 1.59. The van der Waals surface area contributed by atoms with E-state index in [4.69, 9.17) is 4.74 Å². The number of nitrogens with one attached hydrogen (secondary N) is 1. The van der Waals surface area contributed by atoms with Gasteiger partial charge in [-0.2, -0.15) is 0 Å². The molecule has 0 amide bonds. The zero-order chi connectivity index (χ0) is 23.9. The number of benzene rings is 4. The van der Waals surface area contributed by atoms with Crippen molar-refractivity contribution in [1.29, 1.82) is 0 Å². The average molecular weight is 453 g/mol. The summed E-state index contributed by atoms with van der Waals surface area (Å²) in [5, 5.41) is 14.1. The topological polar surface area (TPSA) is 44.7 Å². The van der Waals surface area contributed by atoms with Gasteiger partial charge in [0.1, 0.15) is 11.5 Å². The predicted molar refractivity (Wildman–Crippen MR) is 141 cm³/mol. The van der Waals surface area contributed by atoms with Crippen molar-refractivity contribution in [3.05, 3.63) is 119 Å². The molecule has 4 rings (SSSR count). The molecule has 0 radical (unpaired) electrons. The molecule has 2 N–H and O–H groups in total. The number of aromatic hydroxyl groups is 1. The summed E-state index contributed by atoms with van der Waals surface area (Å²) in [7, 11) is 0. The highest BCUT2D eigenvalue weighted by atomic mass is 16.5. The fraction of sp³-hybridized carbons (Fsp3) is 0.200. The minimum Gasteiger partial charge on any atom is -0.507 e. The lowest BCUT2D eigenvalue weighted by molar-refractivity contribution is 0.342. The Morgan fingerprint density at radius 3 is 2.12 bits per heavy atom. The van der Waals surface area contributed by atoms with Gasteiger partial charge in [-0.3, -0.25) is 0 Å². The predicted octanol–water partition coefficient (Wildman–Crippen LogP) is 6.97. The molecule has 0 aromatic heterocycles. The van der Waals surface area contributed by atoms with Gasteiger partial charge in [0, 0.05) is 35.6 Å². The Labute approximate surface area is 202 Å². The first kappa shape index (κ1) is 23.2. The smallest absolute Gasteiger partial charge is 0.159 e. The Kier molecular flexibility index (Phi) is 7.38. The van der Waals surface area contributed by atoms with Crippen LogP contribution in [0.3, 0.4) is 0 Å². The second kappa shape index (κ2) is 10.8. The molecule has 0 aliphatic rings. The average Bonchev–Trinajstić information content (AvgIpc) is 2.84. The Bertz CT molecular complexity index is 1220. The largest absolute Gasteiger partial charge is 0.507 e. The molecule has 4 aromatic carbocycles. The van der Waals surface area contributed by atoms with Crippen LogP contribution >= 0.6 is 0 Å². The highest BCUT2D eigenvalue weighted by Crippen LogP contribution is 2.30. The van der Waals surface area contributed by atoms with Gasteiger partial charge in [-0.05, 0) is 56.7 Å². The molecule has 4 heteroatoms. The summed E-state index contributed by atoms with van der Waals surface area (Å²) in [5.41, 5.74) is 7.35. The SMILES string of the molecule is Cc1ccc(OCNc2ccccc2)c(CN(Cc2cc(C)cc(C)c2O)c2ccccc2)c1. The fourth-order valence-corrected chi connectivity index (χ4v) is 4.18. The van der Waals surface area contributed by atoms with Gasteiger partial charge in [-0.25, -0.2) is 0 Å². The van der Waals surface area contributed by atoms with Crippen molar-refractivity contribution in [2.45, 2.75) is 33.9 Å². The van der Waals surface area contributed by atoms with Crippen molar-refractivity contribution in [2.75, 3.05) is 16.9 Å². The first-order valence-electron chi connectivity index (χ1n) is 11.6. The van der Waals surface area contributed by atoms with Crippen molar-refractivity contribution < 1.29 is 9.84 Å². The monoisotopic (exact) mass is 452 g/mol. The minimum absolute atomic E-state index is 0.360. The maximum absolute atomic E-state index is 10.7. The lowest BCUT2D eigenvalue weighted by atomic mass is 10.0. The van der Waals surface area contributed by atoms with E-state index in [1.165, 1.54) is 5.56 Å². The van der Waals surface area contributed by atoms with Gasteiger partial charge in [-0.1, -0.05) is 71.8 Å². The number of para-hydroxylation sites is 2.